The molecule has 1 fully saturated rings. The second kappa shape index (κ2) is 6.03. The van der Waals surface area contributed by atoms with Crippen LogP contribution in [0.5, 0.6) is 0 Å². The monoisotopic (exact) mass is 303 g/mol. The quantitative estimate of drug-likeness (QED) is 0.835. The Hall–Kier alpha value is -1.59. The maximum Gasteiger partial charge on any atom is 0.419 e. The third kappa shape index (κ3) is 3.54. The van der Waals surface area contributed by atoms with Gasteiger partial charge in [0.15, 0.2) is 0 Å². The molecule has 1 aliphatic carbocycles. The van der Waals surface area contributed by atoms with Gasteiger partial charge in [0.1, 0.15) is 5.82 Å². The largest absolute Gasteiger partial charge is 0.419 e. The summed E-state index contributed by atoms with van der Waals surface area (Å²) < 4.78 is 51.8. The van der Waals surface area contributed by atoms with Crippen LogP contribution in [0.3, 0.4) is 0 Å². The van der Waals surface area contributed by atoms with E-state index in [1.54, 1.807) is 6.92 Å². The van der Waals surface area contributed by atoms with Gasteiger partial charge in [0.25, 0.3) is 5.91 Å². The summed E-state index contributed by atoms with van der Waals surface area (Å²) in [6.07, 6.45) is -0.678. The van der Waals surface area contributed by atoms with E-state index in [0.29, 0.717) is 12.0 Å². The fraction of sp³-hybridized carbons (Fsp3) is 0.533. The Labute approximate surface area is 120 Å². The highest BCUT2D eigenvalue weighted by Gasteiger charge is 2.36. The van der Waals surface area contributed by atoms with Crippen molar-refractivity contribution in [3.05, 3.63) is 35.1 Å². The molecule has 0 radical (unpaired) electrons. The van der Waals surface area contributed by atoms with Crippen LogP contribution in [-0.4, -0.2) is 11.9 Å². The van der Waals surface area contributed by atoms with Gasteiger partial charge in [-0.15, -0.1) is 0 Å². The van der Waals surface area contributed by atoms with Crippen LogP contribution in [0.4, 0.5) is 17.6 Å². The van der Waals surface area contributed by atoms with Crippen LogP contribution in [0.1, 0.15) is 48.5 Å². The first-order valence-electron chi connectivity index (χ1n) is 6.97. The Morgan fingerprint density at radius 2 is 1.90 bits per heavy atom. The lowest BCUT2D eigenvalue weighted by molar-refractivity contribution is -0.140. The number of alkyl halides is 3. The molecule has 1 atom stereocenters. The predicted molar refractivity (Wildman–Crippen MR) is 70.3 cm³/mol. The highest BCUT2D eigenvalue weighted by atomic mass is 19.4. The van der Waals surface area contributed by atoms with E-state index in [4.69, 9.17) is 0 Å². The molecule has 0 spiro atoms. The lowest BCUT2D eigenvalue weighted by Gasteiger charge is -2.21. The Bertz CT molecular complexity index is 521. The Morgan fingerprint density at radius 3 is 2.48 bits per heavy atom. The third-order valence-electron chi connectivity index (χ3n) is 4.01. The van der Waals surface area contributed by atoms with Crippen molar-refractivity contribution in [2.45, 2.75) is 44.8 Å². The average Bonchev–Trinajstić information content (AvgIpc) is 2.91. The molecule has 0 bridgehead atoms. The number of nitrogens with one attached hydrogen (secondary N) is 1. The van der Waals surface area contributed by atoms with E-state index in [9.17, 15) is 22.4 Å². The van der Waals surface area contributed by atoms with E-state index in [-0.39, 0.29) is 6.04 Å². The highest BCUT2D eigenvalue weighted by Crippen LogP contribution is 2.32. The minimum Gasteiger partial charge on any atom is -0.349 e. The number of hydrogen-bond acceptors (Lipinski definition) is 1. The standard InChI is InChI=1S/C15H17F4NO/c1-9(10-5-2-3-6-10)20-14(21)11-7-4-8-12(13(11)16)15(17,18)19/h4,7-10H,2-3,5-6H2,1H3,(H,20,21). The molecule has 1 saturated carbocycles. The topological polar surface area (TPSA) is 29.1 Å². The van der Waals surface area contributed by atoms with Crippen molar-refractivity contribution < 1.29 is 22.4 Å². The zero-order valence-electron chi connectivity index (χ0n) is 11.6. The van der Waals surface area contributed by atoms with Gasteiger partial charge in [-0.3, -0.25) is 4.79 Å². The van der Waals surface area contributed by atoms with Crippen LogP contribution in [0, 0.1) is 11.7 Å². The summed E-state index contributed by atoms with van der Waals surface area (Å²) in [4.78, 5) is 12.0. The normalized spacial score (nSPS) is 17.8. The number of carbonyl (C=O) groups is 1. The molecule has 1 unspecified atom stereocenters. The predicted octanol–water partition coefficient (Wildman–Crippen LogP) is 4.15. The van der Waals surface area contributed by atoms with Gasteiger partial charge in [-0.25, -0.2) is 4.39 Å². The van der Waals surface area contributed by atoms with Crippen LogP contribution in [0.25, 0.3) is 0 Å². The van der Waals surface area contributed by atoms with Gasteiger partial charge in [-0.2, -0.15) is 13.2 Å². The molecule has 6 heteroatoms. The SMILES string of the molecule is CC(NC(=O)c1cccc(C(F)(F)F)c1F)C1CCCC1. The van der Waals surface area contributed by atoms with Crippen molar-refractivity contribution in [2.24, 2.45) is 5.92 Å². The number of hydrogen-bond donors (Lipinski definition) is 1. The number of rotatable bonds is 3. The first kappa shape index (κ1) is 15.8. The molecule has 116 valence electrons. The molecule has 0 aromatic heterocycles. The number of halogens is 4. The molecule has 1 aromatic carbocycles. The van der Waals surface area contributed by atoms with Crippen LogP contribution < -0.4 is 5.32 Å². The first-order valence-corrected chi connectivity index (χ1v) is 6.97. The van der Waals surface area contributed by atoms with Gasteiger partial charge < -0.3 is 5.32 Å². The van der Waals surface area contributed by atoms with E-state index >= 15 is 0 Å². The Morgan fingerprint density at radius 1 is 1.29 bits per heavy atom. The summed E-state index contributed by atoms with van der Waals surface area (Å²) in [6, 6.07) is 2.57. The highest BCUT2D eigenvalue weighted by molar-refractivity contribution is 5.94. The second-order valence-corrected chi connectivity index (χ2v) is 5.47. The lowest BCUT2D eigenvalue weighted by Crippen LogP contribution is -2.37. The van der Waals surface area contributed by atoms with Gasteiger partial charge in [0.2, 0.25) is 0 Å². The fourth-order valence-corrected chi connectivity index (χ4v) is 2.79. The van der Waals surface area contributed by atoms with Crippen LogP contribution in [0.2, 0.25) is 0 Å². The molecule has 2 nitrogen and oxygen atoms in total. The molecule has 2 rings (SSSR count). The summed E-state index contributed by atoms with van der Waals surface area (Å²) >= 11 is 0. The van der Waals surface area contributed by atoms with Crippen LogP contribution in [0.15, 0.2) is 18.2 Å². The van der Waals surface area contributed by atoms with E-state index in [0.717, 1.165) is 37.8 Å². The summed E-state index contributed by atoms with van der Waals surface area (Å²) in [6.45, 7) is 1.80. The van der Waals surface area contributed by atoms with Gasteiger partial charge in [-0.05, 0) is 37.8 Å². The molecular formula is C15H17F4NO. The molecule has 1 aromatic rings. The van der Waals surface area contributed by atoms with Gasteiger partial charge in [0.05, 0.1) is 11.1 Å². The molecule has 1 aliphatic rings. The van der Waals surface area contributed by atoms with E-state index in [1.165, 1.54) is 0 Å². The van der Waals surface area contributed by atoms with Gasteiger partial charge in [0, 0.05) is 6.04 Å². The molecular weight excluding hydrogens is 286 g/mol. The van der Waals surface area contributed by atoms with Crippen LogP contribution >= 0.6 is 0 Å². The average molecular weight is 303 g/mol. The Balaban J connectivity index is 2.16. The van der Waals surface area contributed by atoms with Gasteiger partial charge in [-0.1, -0.05) is 18.9 Å². The maximum absolute atomic E-state index is 13.9. The second-order valence-electron chi connectivity index (χ2n) is 5.47. The van der Waals surface area contributed by atoms with Crippen molar-refractivity contribution in [3.8, 4) is 0 Å². The number of amides is 1. The lowest BCUT2D eigenvalue weighted by atomic mass is 9.99. The minimum atomic E-state index is -4.81. The molecule has 0 heterocycles. The summed E-state index contributed by atoms with van der Waals surface area (Å²) in [5, 5.41) is 2.61. The third-order valence-corrected chi connectivity index (χ3v) is 4.01. The zero-order valence-corrected chi connectivity index (χ0v) is 11.6. The summed E-state index contributed by atoms with van der Waals surface area (Å²) in [7, 11) is 0. The zero-order chi connectivity index (χ0) is 15.6. The number of benzene rings is 1. The van der Waals surface area contributed by atoms with Crippen molar-refractivity contribution in [1.82, 2.24) is 5.32 Å². The van der Waals surface area contributed by atoms with E-state index in [1.807, 2.05) is 0 Å². The first-order chi connectivity index (χ1) is 9.80. The van der Waals surface area contributed by atoms with Gasteiger partial charge >= 0.3 is 6.18 Å². The van der Waals surface area contributed by atoms with E-state index < -0.39 is 29.0 Å². The molecule has 1 N–H and O–H groups in total. The number of carbonyl (C=O) groups excluding carboxylic acids is 1. The summed E-state index contributed by atoms with van der Waals surface area (Å²) in [5.74, 6) is -2.00. The van der Waals surface area contributed by atoms with Crippen molar-refractivity contribution in [2.75, 3.05) is 0 Å². The van der Waals surface area contributed by atoms with Crippen LogP contribution in [-0.2, 0) is 6.18 Å². The minimum absolute atomic E-state index is 0.172. The molecule has 1 amide bonds. The summed E-state index contributed by atoms with van der Waals surface area (Å²) in [5.41, 5.74) is -1.97. The fourth-order valence-electron chi connectivity index (χ4n) is 2.79. The van der Waals surface area contributed by atoms with Crippen molar-refractivity contribution >= 4 is 5.91 Å². The smallest absolute Gasteiger partial charge is 0.349 e. The van der Waals surface area contributed by atoms with Crippen molar-refractivity contribution in [3.63, 3.8) is 0 Å². The molecule has 0 aliphatic heterocycles. The molecule has 0 saturated heterocycles. The van der Waals surface area contributed by atoms with E-state index in [2.05, 4.69) is 5.32 Å². The Kier molecular flexibility index (Phi) is 4.54. The maximum atomic E-state index is 13.9. The van der Waals surface area contributed by atoms with Crippen molar-refractivity contribution in [1.29, 1.82) is 0 Å². The molecule has 21 heavy (non-hydrogen) atoms.